The van der Waals surface area contributed by atoms with Gasteiger partial charge in [0.2, 0.25) is 0 Å². The Morgan fingerprint density at radius 3 is 2.62 bits per heavy atom. The maximum absolute atomic E-state index is 5.66. The van der Waals surface area contributed by atoms with E-state index in [9.17, 15) is 0 Å². The molecule has 1 N–H and O–H groups in total. The van der Waals surface area contributed by atoms with Crippen molar-refractivity contribution in [1.29, 1.82) is 0 Å². The molecule has 0 atom stereocenters. The highest BCUT2D eigenvalue weighted by atomic mass is 16.5. The van der Waals surface area contributed by atoms with Crippen molar-refractivity contribution < 1.29 is 9.47 Å². The molecule has 118 valence electrons. The second-order valence-corrected chi connectivity index (χ2v) is 5.89. The molecular weight excluding hydrogens is 262 g/mol. The summed E-state index contributed by atoms with van der Waals surface area (Å²) in [4.78, 5) is 0. The summed E-state index contributed by atoms with van der Waals surface area (Å²) in [6.45, 7) is 6.77. The number of unbranched alkanes of at least 4 members (excludes halogenated alkanes) is 1. The molecule has 1 aromatic carbocycles. The van der Waals surface area contributed by atoms with E-state index in [0.717, 1.165) is 57.4 Å². The van der Waals surface area contributed by atoms with Crippen molar-refractivity contribution in [1.82, 2.24) is 5.32 Å². The Morgan fingerprint density at radius 2 is 1.90 bits per heavy atom. The van der Waals surface area contributed by atoms with Gasteiger partial charge in [0.15, 0.2) is 0 Å². The SMILES string of the molecule is CCCCOc1ccc(CNCCCOCC2CC2)cc1. The summed E-state index contributed by atoms with van der Waals surface area (Å²) in [5.74, 6) is 1.84. The van der Waals surface area contributed by atoms with Crippen LogP contribution in [0.4, 0.5) is 0 Å². The van der Waals surface area contributed by atoms with Gasteiger partial charge in [-0.25, -0.2) is 0 Å². The topological polar surface area (TPSA) is 30.5 Å². The van der Waals surface area contributed by atoms with Crippen LogP contribution in [0.25, 0.3) is 0 Å². The summed E-state index contributed by atoms with van der Waals surface area (Å²) in [5, 5.41) is 3.46. The molecule has 0 radical (unpaired) electrons. The Balaban J connectivity index is 1.49. The zero-order valence-electron chi connectivity index (χ0n) is 13.3. The number of ether oxygens (including phenoxy) is 2. The number of hydrogen-bond acceptors (Lipinski definition) is 3. The molecular formula is C18H29NO2. The summed E-state index contributed by atoms with van der Waals surface area (Å²) in [6.07, 6.45) is 6.12. The van der Waals surface area contributed by atoms with Crippen LogP contribution in [-0.4, -0.2) is 26.4 Å². The van der Waals surface area contributed by atoms with Crippen molar-refractivity contribution in [2.24, 2.45) is 5.92 Å². The molecule has 1 aromatic rings. The van der Waals surface area contributed by atoms with E-state index in [4.69, 9.17) is 9.47 Å². The number of hydrogen-bond donors (Lipinski definition) is 1. The predicted molar refractivity (Wildman–Crippen MR) is 86.7 cm³/mol. The second-order valence-electron chi connectivity index (χ2n) is 5.89. The van der Waals surface area contributed by atoms with Crippen molar-refractivity contribution >= 4 is 0 Å². The van der Waals surface area contributed by atoms with E-state index in [0.29, 0.717) is 0 Å². The fraction of sp³-hybridized carbons (Fsp3) is 0.667. The quantitative estimate of drug-likeness (QED) is 0.595. The van der Waals surface area contributed by atoms with Crippen LogP contribution in [0.2, 0.25) is 0 Å². The summed E-state index contributed by atoms with van der Waals surface area (Å²) in [5.41, 5.74) is 1.30. The molecule has 1 saturated carbocycles. The van der Waals surface area contributed by atoms with Gasteiger partial charge in [0.05, 0.1) is 6.61 Å². The van der Waals surface area contributed by atoms with Crippen molar-refractivity contribution in [2.45, 2.75) is 45.6 Å². The molecule has 3 nitrogen and oxygen atoms in total. The largest absolute Gasteiger partial charge is 0.494 e. The summed E-state index contributed by atoms with van der Waals surface area (Å²) >= 11 is 0. The Kier molecular flexibility index (Phi) is 7.61. The van der Waals surface area contributed by atoms with Gasteiger partial charge >= 0.3 is 0 Å². The third-order valence-electron chi connectivity index (χ3n) is 3.71. The van der Waals surface area contributed by atoms with E-state index >= 15 is 0 Å². The van der Waals surface area contributed by atoms with Gasteiger partial charge in [0.1, 0.15) is 5.75 Å². The van der Waals surface area contributed by atoms with Crippen LogP contribution in [0.3, 0.4) is 0 Å². The summed E-state index contributed by atoms with van der Waals surface area (Å²) in [7, 11) is 0. The minimum Gasteiger partial charge on any atom is -0.494 e. The Hall–Kier alpha value is -1.06. The van der Waals surface area contributed by atoms with E-state index in [2.05, 4.69) is 36.5 Å². The van der Waals surface area contributed by atoms with Gasteiger partial charge in [-0.3, -0.25) is 0 Å². The third-order valence-corrected chi connectivity index (χ3v) is 3.71. The molecule has 1 aliphatic rings. The molecule has 0 bridgehead atoms. The zero-order valence-corrected chi connectivity index (χ0v) is 13.3. The lowest BCUT2D eigenvalue weighted by Gasteiger charge is -2.08. The Bertz CT molecular complexity index is 373. The molecule has 21 heavy (non-hydrogen) atoms. The molecule has 1 fully saturated rings. The van der Waals surface area contributed by atoms with Crippen LogP contribution in [0.1, 0.15) is 44.6 Å². The van der Waals surface area contributed by atoms with E-state index < -0.39 is 0 Å². The second kappa shape index (κ2) is 9.80. The van der Waals surface area contributed by atoms with Crippen LogP contribution in [0.15, 0.2) is 24.3 Å². The fourth-order valence-electron chi connectivity index (χ4n) is 2.10. The lowest BCUT2D eigenvalue weighted by atomic mass is 10.2. The Labute approximate surface area is 129 Å². The van der Waals surface area contributed by atoms with E-state index in [1.807, 2.05) is 0 Å². The molecule has 0 amide bonds. The molecule has 1 aliphatic carbocycles. The van der Waals surface area contributed by atoms with Crippen molar-refractivity contribution in [3.8, 4) is 5.75 Å². The minimum absolute atomic E-state index is 0.814. The first-order valence-electron chi connectivity index (χ1n) is 8.38. The zero-order chi connectivity index (χ0) is 14.8. The first kappa shape index (κ1) is 16.3. The maximum Gasteiger partial charge on any atom is 0.119 e. The maximum atomic E-state index is 5.66. The monoisotopic (exact) mass is 291 g/mol. The fourth-order valence-corrected chi connectivity index (χ4v) is 2.10. The first-order chi connectivity index (χ1) is 10.4. The molecule has 0 saturated heterocycles. The molecule has 0 unspecified atom stereocenters. The highest BCUT2D eigenvalue weighted by Crippen LogP contribution is 2.28. The van der Waals surface area contributed by atoms with Gasteiger partial charge in [0, 0.05) is 19.8 Å². The number of rotatable bonds is 12. The van der Waals surface area contributed by atoms with Gasteiger partial charge in [-0.2, -0.15) is 0 Å². The highest BCUT2D eigenvalue weighted by Gasteiger charge is 2.20. The van der Waals surface area contributed by atoms with Crippen molar-refractivity contribution in [2.75, 3.05) is 26.4 Å². The number of benzene rings is 1. The van der Waals surface area contributed by atoms with E-state index in [1.54, 1.807) is 0 Å². The van der Waals surface area contributed by atoms with Crippen LogP contribution < -0.4 is 10.1 Å². The van der Waals surface area contributed by atoms with Crippen molar-refractivity contribution in [3.63, 3.8) is 0 Å². The van der Waals surface area contributed by atoms with Gasteiger partial charge in [0.25, 0.3) is 0 Å². The van der Waals surface area contributed by atoms with Crippen LogP contribution in [0.5, 0.6) is 5.75 Å². The standard InChI is InChI=1S/C18H29NO2/c1-2-3-13-21-18-9-7-16(8-10-18)14-19-11-4-12-20-15-17-5-6-17/h7-10,17,19H,2-6,11-15H2,1H3. The summed E-state index contributed by atoms with van der Waals surface area (Å²) < 4.78 is 11.3. The molecule has 0 heterocycles. The highest BCUT2D eigenvalue weighted by molar-refractivity contribution is 5.27. The molecule has 3 heteroatoms. The minimum atomic E-state index is 0.814. The van der Waals surface area contributed by atoms with E-state index in [1.165, 1.54) is 24.8 Å². The van der Waals surface area contributed by atoms with Gasteiger partial charge in [-0.1, -0.05) is 25.5 Å². The average molecular weight is 291 g/mol. The number of nitrogens with one attached hydrogen (secondary N) is 1. The van der Waals surface area contributed by atoms with Crippen LogP contribution in [0, 0.1) is 5.92 Å². The predicted octanol–water partition coefficient (Wildman–Crippen LogP) is 3.77. The van der Waals surface area contributed by atoms with E-state index in [-0.39, 0.29) is 0 Å². The molecule has 0 spiro atoms. The third kappa shape index (κ3) is 7.49. The Morgan fingerprint density at radius 1 is 1.10 bits per heavy atom. The first-order valence-corrected chi connectivity index (χ1v) is 8.38. The molecule has 0 aliphatic heterocycles. The van der Waals surface area contributed by atoms with Crippen LogP contribution >= 0.6 is 0 Å². The van der Waals surface area contributed by atoms with Gasteiger partial charge in [-0.05, 0) is 55.8 Å². The summed E-state index contributed by atoms with van der Waals surface area (Å²) in [6, 6.07) is 8.40. The molecule has 0 aromatic heterocycles. The van der Waals surface area contributed by atoms with Gasteiger partial charge < -0.3 is 14.8 Å². The normalized spacial score (nSPS) is 14.3. The average Bonchev–Trinajstić information content (AvgIpc) is 3.32. The van der Waals surface area contributed by atoms with Gasteiger partial charge in [-0.15, -0.1) is 0 Å². The molecule has 2 rings (SSSR count). The van der Waals surface area contributed by atoms with Crippen LogP contribution in [-0.2, 0) is 11.3 Å². The van der Waals surface area contributed by atoms with Crippen molar-refractivity contribution in [3.05, 3.63) is 29.8 Å². The lowest BCUT2D eigenvalue weighted by Crippen LogP contribution is -2.16. The lowest BCUT2D eigenvalue weighted by molar-refractivity contribution is 0.122. The smallest absolute Gasteiger partial charge is 0.119 e.